The van der Waals surface area contributed by atoms with E-state index in [2.05, 4.69) is 9.97 Å². The summed E-state index contributed by atoms with van der Waals surface area (Å²) in [5.41, 5.74) is 8.53. The first kappa shape index (κ1) is 10.6. The summed E-state index contributed by atoms with van der Waals surface area (Å²) >= 11 is 0. The number of pyridine rings is 1. The Morgan fingerprint density at radius 1 is 1.22 bits per heavy atom. The van der Waals surface area contributed by atoms with E-state index in [1.54, 1.807) is 13.0 Å². The summed E-state index contributed by atoms with van der Waals surface area (Å²) in [6.45, 7) is 1.80. The van der Waals surface area contributed by atoms with Crippen molar-refractivity contribution in [2.24, 2.45) is 0 Å². The van der Waals surface area contributed by atoms with Gasteiger partial charge in [0, 0.05) is 13.0 Å². The first-order valence-corrected chi connectivity index (χ1v) is 5.49. The van der Waals surface area contributed by atoms with Crippen molar-refractivity contribution in [1.82, 2.24) is 9.97 Å². The maximum Gasteiger partial charge on any atom is 0.250 e. The molecule has 18 heavy (non-hydrogen) atoms. The second-order valence-electron chi connectivity index (χ2n) is 4.10. The van der Waals surface area contributed by atoms with E-state index in [1.807, 2.05) is 18.2 Å². The van der Waals surface area contributed by atoms with Gasteiger partial charge in [-0.3, -0.25) is 4.79 Å². The average molecular weight is 241 g/mol. The minimum Gasteiger partial charge on any atom is -0.441 e. The molecule has 0 radical (unpaired) electrons. The minimum absolute atomic E-state index is 0.223. The standard InChI is InChI=1S/C13H11N3O2/c1-7-15-10-3-2-8(4-11(10)18-7)9-5-12(14)16-13(17)6-9/h2-6H,1H3,(H3,14,16,17). The van der Waals surface area contributed by atoms with Crippen molar-refractivity contribution in [2.75, 3.05) is 5.73 Å². The Hall–Kier alpha value is -2.56. The number of nitrogens with zero attached hydrogens (tertiary/aromatic N) is 1. The molecule has 3 rings (SSSR count). The van der Waals surface area contributed by atoms with Crippen molar-refractivity contribution in [2.45, 2.75) is 6.92 Å². The monoisotopic (exact) mass is 241 g/mol. The summed E-state index contributed by atoms with van der Waals surface area (Å²) in [5.74, 6) is 0.957. The van der Waals surface area contributed by atoms with E-state index in [-0.39, 0.29) is 5.56 Å². The largest absolute Gasteiger partial charge is 0.441 e. The molecule has 5 nitrogen and oxygen atoms in total. The molecule has 2 aromatic heterocycles. The third-order valence-electron chi connectivity index (χ3n) is 2.69. The Balaban J connectivity index is 2.21. The Morgan fingerprint density at radius 3 is 2.83 bits per heavy atom. The molecule has 0 aliphatic carbocycles. The SMILES string of the molecule is Cc1nc2ccc(-c3cc(N)[nH]c(=O)c3)cc2o1. The van der Waals surface area contributed by atoms with Crippen LogP contribution in [0.3, 0.4) is 0 Å². The van der Waals surface area contributed by atoms with Gasteiger partial charge in [-0.2, -0.15) is 0 Å². The Kier molecular flexibility index (Phi) is 2.19. The van der Waals surface area contributed by atoms with Crippen LogP contribution in [0.25, 0.3) is 22.2 Å². The number of anilines is 1. The van der Waals surface area contributed by atoms with Crippen molar-refractivity contribution in [3.05, 3.63) is 46.6 Å². The highest BCUT2D eigenvalue weighted by Gasteiger charge is 2.06. The van der Waals surface area contributed by atoms with E-state index in [0.717, 1.165) is 16.6 Å². The predicted octanol–water partition coefficient (Wildman–Crippen LogP) is 2.07. The van der Waals surface area contributed by atoms with Crippen LogP contribution in [0.5, 0.6) is 0 Å². The number of aromatic nitrogens is 2. The van der Waals surface area contributed by atoms with E-state index in [4.69, 9.17) is 10.2 Å². The number of hydrogen-bond donors (Lipinski definition) is 2. The molecular weight excluding hydrogens is 230 g/mol. The second-order valence-corrected chi connectivity index (χ2v) is 4.10. The van der Waals surface area contributed by atoms with Gasteiger partial charge in [0.25, 0.3) is 0 Å². The lowest BCUT2D eigenvalue weighted by Crippen LogP contribution is -2.07. The molecule has 0 bridgehead atoms. The number of benzene rings is 1. The summed E-state index contributed by atoms with van der Waals surface area (Å²) in [6.07, 6.45) is 0. The normalized spacial score (nSPS) is 10.9. The fourth-order valence-electron chi connectivity index (χ4n) is 1.95. The average Bonchev–Trinajstić information content (AvgIpc) is 2.66. The van der Waals surface area contributed by atoms with Crippen LogP contribution in [0.4, 0.5) is 5.82 Å². The van der Waals surface area contributed by atoms with Gasteiger partial charge in [-0.05, 0) is 29.3 Å². The minimum atomic E-state index is -0.223. The summed E-state index contributed by atoms with van der Waals surface area (Å²) in [4.78, 5) is 18.1. The van der Waals surface area contributed by atoms with Crippen LogP contribution >= 0.6 is 0 Å². The number of rotatable bonds is 1. The van der Waals surface area contributed by atoms with Gasteiger partial charge >= 0.3 is 0 Å². The van der Waals surface area contributed by atoms with Gasteiger partial charge in [-0.15, -0.1) is 0 Å². The number of hydrogen-bond acceptors (Lipinski definition) is 4. The summed E-state index contributed by atoms with van der Waals surface area (Å²) in [7, 11) is 0. The Bertz CT molecular complexity index is 786. The lowest BCUT2D eigenvalue weighted by atomic mass is 10.1. The quantitative estimate of drug-likeness (QED) is 0.683. The Morgan fingerprint density at radius 2 is 2.06 bits per heavy atom. The highest BCUT2D eigenvalue weighted by atomic mass is 16.3. The van der Waals surface area contributed by atoms with Crippen LogP contribution in [0, 0.1) is 6.92 Å². The van der Waals surface area contributed by atoms with Crippen LogP contribution < -0.4 is 11.3 Å². The molecule has 0 saturated heterocycles. The van der Waals surface area contributed by atoms with Crippen LogP contribution in [0.2, 0.25) is 0 Å². The van der Waals surface area contributed by atoms with Gasteiger partial charge in [-0.25, -0.2) is 4.98 Å². The van der Waals surface area contributed by atoms with Crippen LogP contribution in [-0.4, -0.2) is 9.97 Å². The first-order valence-electron chi connectivity index (χ1n) is 5.49. The number of nitrogen functional groups attached to an aromatic ring is 1. The van der Waals surface area contributed by atoms with E-state index in [1.165, 1.54) is 6.07 Å². The topological polar surface area (TPSA) is 84.9 Å². The zero-order chi connectivity index (χ0) is 12.7. The fraction of sp³-hybridized carbons (Fsp3) is 0.0769. The number of aryl methyl sites for hydroxylation is 1. The summed E-state index contributed by atoms with van der Waals surface area (Å²) < 4.78 is 5.46. The molecule has 0 aliphatic rings. The molecule has 2 heterocycles. The van der Waals surface area contributed by atoms with E-state index in [0.29, 0.717) is 17.3 Å². The molecule has 0 unspecified atom stereocenters. The van der Waals surface area contributed by atoms with Gasteiger partial charge in [0.05, 0.1) is 0 Å². The molecular formula is C13H11N3O2. The second kappa shape index (κ2) is 3.73. The third kappa shape index (κ3) is 1.75. The van der Waals surface area contributed by atoms with Crippen LogP contribution in [-0.2, 0) is 0 Å². The predicted molar refractivity (Wildman–Crippen MR) is 69.2 cm³/mol. The lowest BCUT2D eigenvalue weighted by Gasteiger charge is -2.01. The molecule has 0 aliphatic heterocycles. The maximum atomic E-state index is 11.4. The summed E-state index contributed by atoms with van der Waals surface area (Å²) in [5, 5.41) is 0. The molecule has 0 saturated carbocycles. The lowest BCUT2D eigenvalue weighted by molar-refractivity contribution is 0.561. The molecule has 0 fully saturated rings. The van der Waals surface area contributed by atoms with Gasteiger partial charge in [0.1, 0.15) is 11.3 Å². The molecule has 1 aromatic carbocycles. The number of nitrogens with two attached hydrogens (primary N) is 1. The number of fused-ring (bicyclic) bond motifs is 1. The third-order valence-corrected chi connectivity index (χ3v) is 2.69. The van der Waals surface area contributed by atoms with Crippen molar-refractivity contribution in [3.63, 3.8) is 0 Å². The molecule has 90 valence electrons. The molecule has 5 heteroatoms. The van der Waals surface area contributed by atoms with Crippen LogP contribution in [0.1, 0.15) is 5.89 Å². The van der Waals surface area contributed by atoms with Crippen LogP contribution in [0.15, 0.2) is 39.5 Å². The molecule has 3 N–H and O–H groups in total. The van der Waals surface area contributed by atoms with E-state index in [9.17, 15) is 4.79 Å². The zero-order valence-electron chi connectivity index (χ0n) is 9.73. The molecule has 0 atom stereocenters. The van der Waals surface area contributed by atoms with E-state index >= 15 is 0 Å². The van der Waals surface area contributed by atoms with Crippen molar-refractivity contribution >= 4 is 16.9 Å². The van der Waals surface area contributed by atoms with E-state index < -0.39 is 0 Å². The number of nitrogens with one attached hydrogen (secondary N) is 1. The summed E-state index contributed by atoms with van der Waals surface area (Å²) in [6, 6.07) is 8.81. The highest BCUT2D eigenvalue weighted by molar-refractivity contribution is 5.80. The maximum absolute atomic E-state index is 11.4. The molecule has 0 spiro atoms. The van der Waals surface area contributed by atoms with Crippen molar-refractivity contribution in [1.29, 1.82) is 0 Å². The van der Waals surface area contributed by atoms with Gasteiger partial charge in [0.15, 0.2) is 11.5 Å². The number of aromatic amines is 1. The van der Waals surface area contributed by atoms with Crippen molar-refractivity contribution in [3.8, 4) is 11.1 Å². The van der Waals surface area contributed by atoms with Gasteiger partial charge < -0.3 is 15.1 Å². The van der Waals surface area contributed by atoms with Gasteiger partial charge in [0.2, 0.25) is 5.56 Å². The number of oxazole rings is 1. The van der Waals surface area contributed by atoms with Crippen molar-refractivity contribution < 1.29 is 4.42 Å². The number of H-pyrrole nitrogens is 1. The molecule has 3 aromatic rings. The first-order chi connectivity index (χ1) is 8.61. The zero-order valence-corrected chi connectivity index (χ0v) is 9.73. The fourth-order valence-corrected chi connectivity index (χ4v) is 1.95. The smallest absolute Gasteiger partial charge is 0.250 e. The highest BCUT2D eigenvalue weighted by Crippen LogP contribution is 2.24. The van der Waals surface area contributed by atoms with Gasteiger partial charge in [-0.1, -0.05) is 6.07 Å². The Labute approximate surface area is 102 Å². The molecule has 0 amide bonds.